The molecule has 0 radical (unpaired) electrons. The number of fused-ring (bicyclic) bond motifs is 5. The summed E-state index contributed by atoms with van der Waals surface area (Å²) in [6, 6.07) is 64.7. The number of hydrogen-bond acceptors (Lipinski definition) is 1. The van der Waals surface area contributed by atoms with Crippen molar-refractivity contribution in [2.24, 2.45) is 0 Å². The summed E-state index contributed by atoms with van der Waals surface area (Å²) in [7, 11) is 0. The minimum absolute atomic E-state index is 0.538. The zero-order valence-electron chi connectivity index (χ0n) is 26.7. The predicted molar refractivity (Wildman–Crippen MR) is 202 cm³/mol. The molecule has 8 aromatic carbocycles. The van der Waals surface area contributed by atoms with Crippen LogP contribution in [0.2, 0.25) is 0 Å². The van der Waals surface area contributed by atoms with Gasteiger partial charge in [0.05, 0.1) is 5.41 Å². The number of benzene rings is 8. The third kappa shape index (κ3) is 4.25. The van der Waals surface area contributed by atoms with Crippen molar-refractivity contribution in [2.75, 3.05) is 5.73 Å². The summed E-state index contributed by atoms with van der Waals surface area (Å²) >= 11 is 0. The van der Waals surface area contributed by atoms with E-state index in [4.69, 9.17) is 5.73 Å². The topological polar surface area (TPSA) is 26.0 Å². The average molecular weight is 614 g/mol. The normalized spacial score (nSPS) is 15.0. The molecule has 0 bridgehead atoms. The van der Waals surface area contributed by atoms with E-state index < -0.39 is 5.41 Å². The summed E-state index contributed by atoms with van der Waals surface area (Å²) in [5.74, 6) is 0. The maximum absolute atomic E-state index is 6.39. The van der Waals surface area contributed by atoms with Crippen LogP contribution < -0.4 is 5.73 Å². The first-order valence-electron chi connectivity index (χ1n) is 16.9. The van der Waals surface area contributed by atoms with E-state index in [1.807, 2.05) is 12.1 Å². The summed E-state index contributed by atoms with van der Waals surface area (Å²) in [5, 5.41) is 5.11. The maximum Gasteiger partial charge on any atom is 0.0725 e. The van der Waals surface area contributed by atoms with E-state index in [0.29, 0.717) is 0 Å². The lowest BCUT2D eigenvalue weighted by Crippen LogP contribution is -2.29. The summed E-state index contributed by atoms with van der Waals surface area (Å²) in [6.45, 7) is 0. The molecule has 0 saturated carbocycles. The Morgan fingerprint density at radius 2 is 1.00 bits per heavy atom. The molecule has 1 unspecified atom stereocenters. The van der Waals surface area contributed by atoms with Gasteiger partial charge in [-0.25, -0.2) is 0 Å². The van der Waals surface area contributed by atoms with E-state index in [0.717, 1.165) is 18.5 Å². The van der Waals surface area contributed by atoms with Gasteiger partial charge in [-0.05, 0) is 96.1 Å². The minimum atomic E-state index is -0.538. The van der Waals surface area contributed by atoms with Gasteiger partial charge in [0.1, 0.15) is 0 Å². The van der Waals surface area contributed by atoms with Crippen LogP contribution in [0.1, 0.15) is 33.4 Å². The highest BCUT2D eigenvalue weighted by Gasteiger charge is 2.48. The summed E-state index contributed by atoms with van der Waals surface area (Å²) < 4.78 is 0. The summed E-state index contributed by atoms with van der Waals surface area (Å²) in [4.78, 5) is 0. The second-order valence-electron chi connectivity index (χ2n) is 12.9. The number of nitrogens with two attached hydrogens (primary N) is 1. The second kappa shape index (κ2) is 11.4. The fourth-order valence-electron chi connectivity index (χ4n) is 8.38. The van der Waals surface area contributed by atoms with Crippen molar-refractivity contribution in [3.63, 3.8) is 0 Å². The van der Waals surface area contributed by atoms with Crippen LogP contribution in [-0.4, -0.2) is 0 Å². The Morgan fingerprint density at radius 3 is 1.71 bits per heavy atom. The van der Waals surface area contributed by atoms with Crippen molar-refractivity contribution in [1.82, 2.24) is 0 Å². The van der Waals surface area contributed by atoms with Crippen molar-refractivity contribution >= 4 is 27.2 Å². The van der Waals surface area contributed by atoms with Crippen molar-refractivity contribution in [3.05, 3.63) is 209 Å². The Hall–Kier alpha value is -5.92. The molecule has 1 atom stereocenters. The van der Waals surface area contributed by atoms with Crippen LogP contribution in [0.5, 0.6) is 0 Å². The monoisotopic (exact) mass is 613 g/mol. The third-order valence-electron chi connectivity index (χ3n) is 10.4. The van der Waals surface area contributed by atoms with Gasteiger partial charge in [0, 0.05) is 5.69 Å². The SMILES string of the molecule is Nc1ccccc1CCc1ccc2c(c1)C(c1ccccc1)(c1c3ccccc3c(-c3ccccc3)c3ccccc13)c1ccccc1-2. The molecule has 0 aromatic heterocycles. The van der Waals surface area contributed by atoms with Gasteiger partial charge in [-0.3, -0.25) is 0 Å². The van der Waals surface area contributed by atoms with E-state index >= 15 is 0 Å². The van der Waals surface area contributed by atoms with Crippen LogP contribution in [0.3, 0.4) is 0 Å². The van der Waals surface area contributed by atoms with Gasteiger partial charge in [0.2, 0.25) is 0 Å². The Bertz CT molecular complexity index is 2400. The fraction of sp³-hybridized carbons (Fsp3) is 0.0638. The van der Waals surface area contributed by atoms with Crippen LogP contribution in [0.4, 0.5) is 5.69 Å². The third-order valence-corrected chi connectivity index (χ3v) is 10.4. The number of rotatable bonds is 6. The van der Waals surface area contributed by atoms with Gasteiger partial charge in [-0.1, -0.05) is 170 Å². The van der Waals surface area contributed by atoms with Crippen molar-refractivity contribution in [3.8, 4) is 22.3 Å². The smallest absolute Gasteiger partial charge is 0.0725 e. The molecule has 0 aliphatic heterocycles. The number of nitrogen functional groups attached to an aromatic ring is 1. The fourth-order valence-corrected chi connectivity index (χ4v) is 8.38. The first kappa shape index (κ1) is 28.3. The molecule has 0 heterocycles. The molecule has 1 nitrogen and oxygen atoms in total. The molecular weight excluding hydrogens is 579 g/mol. The molecule has 9 rings (SSSR count). The minimum Gasteiger partial charge on any atom is -0.399 e. The molecule has 228 valence electrons. The molecule has 2 N–H and O–H groups in total. The van der Waals surface area contributed by atoms with Crippen LogP contribution in [-0.2, 0) is 18.3 Å². The Kier molecular flexibility index (Phi) is 6.73. The molecule has 1 aliphatic rings. The van der Waals surface area contributed by atoms with Gasteiger partial charge in [-0.2, -0.15) is 0 Å². The predicted octanol–water partition coefficient (Wildman–Crippen LogP) is 11.4. The lowest BCUT2D eigenvalue weighted by atomic mass is 9.64. The maximum atomic E-state index is 6.39. The molecule has 1 aliphatic carbocycles. The highest BCUT2D eigenvalue weighted by molar-refractivity contribution is 6.17. The van der Waals surface area contributed by atoms with E-state index in [2.05, 4.69) is 164 Å². The number of aryl methyl sites for hydroxylation is 2. The molecule has 0 amide bonds. The van der Waals surface area contributed by atoms with Crippen LogP contribution >= 0.6 is 0 Å². The lowest BCUT2D eigenvalue weighted by Gasteiger charge is -2.36. The molecule has 0 spiro atoms. The Balaban J connectivity index is 1.41. The molecule has 0 fully saturated rings. The molecular formula is C47H35N. The van der Waals surface area contributed by atoms with E-state index in [1.165, 1.54) is 77.2 Å². The largest absolute Gasteiger partial charge is 0.399 e. The van der Waals surface area contributed by atoms with Crippen molar-refractivity contribution in [1.29, 1.82) is 0 Å². The van der Waals surface area contributed by atoms with Gasteiger partial charge >= 0.3 is 0 Å². The Labute approximate surface area is 282 Å². The zero-order valence-corrected chi connectivity index (χ0v) is 26.7. The molecule has 0 saturated heterocycles. The van der Waals surface area contributed by atoms with E-state index in [9.17, 15) is 0 Å². The highest BCUT2D eigenvalue weighted by atomic mass is 14.6. The zero-order chi connectivity index (χ0) is 32.1. The first-order valence-corrected chi connectivity index (χ1v) is 16.9. The van der Waals surface area contributed by atoms with Crippen molar-refractivity contribution in [2.45, 2.75) is 18.3 Å². The number of para-hydroxylation sites is 1. The average Bonchev–Trinajstić information content (AvgIpc) is 3.44. The van der Waals surface area contributed by atoms with Crippen molar-refractivity contribution < 1.29 is 0 Å². The van der Waals surface area contributed by atoms with Crippen LogP contribution in [0.15, 0.2) is 176 Å². The van der Waals surface area contributed by atoms with E-state index in [1.54, 1.807) is 0 Å². The quantitative estimate of drug-likeness (QED) is 0.147. The molecule has 48 heavy (non-hydrogen) atoms. The number of hydrogen-bond donors (Lipinski definition) is 1. The molecule has 1 heteroatoms. The van der Waals surface area contributed by atoms with Crippen LogP contribution in [0, 0.1) is 0 Å². The second-order valence-corrected chi connectivity index (χ2v) is 12.9. The highest BCUT2D eigenvalue weighted by Crippen LogP contribution is 2.59. The van der Waals surface area contributed by atoms with Crippen LogP contribution in [0.25, 0.3) is 43.8 Å². The van der Waals surface area contributed by atoms with E-state index in [-0.39, 0.29) is 0 Å². The lowest BCUT2D eigenvalue weighted by molar-refractivity contribution is 0.780. The summed E-state index contributed by atoms with van der Waals surface area (Å²) in [6.07, 6.45) is 1.81. The van der Waals surface area contributed by atoms with Gasteiger partial charge in [0.15, 0.2) is 0 Å². The van der Waals surface area contributed by atoms with Gasteiger partial charge in [-0.15, -0.1) is 0 Å². The number of anilines is 1. The summed E-state index contributed by atoms with van der Waals surface area (Å²) in [5.41, 5.74) is 19.7. The standard InChI is InChI=1S/C47H35N/c48-44-26-14-7-15-33(44)29-27-32-28-30-37-36-20-12-13-25-42(36)47(43(37)31-32,35-18-5-2-6-19-35)46-40-23-10-8-21-38(40)45(34-16-3-1-4-17-34)39-22-9-11-24-41(39)46/h1-26,28,30-31H,27,29,48H2. The Morgan fingerprint density at radius 1 is 0.438 bits per heavy atom. The molecule has 8 aromatic rings. The first-order chi connectivity index (χ1) is 23.7. The van der Waals surface area contributed by atoms with Gasteiger partial charge in [0.25, 0.3) is 0 Å². The van der Waals surface area contributed by atoms with Gasteiger partial charge < -0.3 is 5.73 Å².